The lowest BCUT2D eigenvalue weighted by atomic mass is 9.88. The second-order valence-electron chi connectivity index (χ2n) is 16.6. The zero-order valence-electron chi connectivity index (χ0n) is 35.8. The van der Waals surface area contributed by atoms with E-state index in [1.807, 2.05) is 88.7 Å². The monoisotopic (exact) mass is 825 g/mol. The van der Waals surface area contributed by atoms with Gasteiger partial charge in [0, 0.05) is 58.7 Å². The number of anilines is 1. The van der Waals surface area contributed by atoms with Gasteiger partial charge in [-0.2, -0.15) is 5.06 Å². The molecule has 1 aliphatic rings. The van der Waals surface area contributed by atoms with Crippen LogP contribution in [0.4, 0.5) is 5.69 Å². The minimum Gasteiger partial charge on any atom is -0.391 e. The molecule has 318 valence electrons. The predicted octanol–water partition coefficient (Wildman–Crippen LogP) is 6.63. The van der Waals surface area contributed by atoms with Gasteiger partial charge in [-0.3, -0.25) is 14.4 Å². The van der Waals surface area contributed by atoms with Crippen LogP contribution in [0.1, 0.15) is 88.2 Å². The Labute approximate surface area is 354 Å². The summed E-state index contributed by atoms with van der Waals surface area (Å²) in [6.07, 6.45) is 1.35. The molecule has 1 aromatic heterocycles. The summed E-state index contributed by atoms with van der Waals surface area (Å²) in [5.41, 5.74) is 7.72. The fourth-order valence-electron chi connectivity index (χ4n) is 7.38. The summed E-state index contributed by atoms with van der Waals surface area (Å²) in [6, 6.07) is 23.0. The molecule has 0 unspecified atom stereocenters. The molecule has 3 atom stereocenters. The topological polar surface area (TPSA) is 139 Å². The van der Waals surface area contributed by atoms with Gasteiger partial charge in [0.25, 0.3) is 5.91 Å². The van der Waals surface area contributed by atoms with Crippen molar-refractivity contribution in [1.29, 1.82) is 0 Å². The van der Waals surface area contributed by atoms with Crippen LogP contribution >= 0.6 is 11.3 Å². The first-order chi connectivity index (χ1) is 28.2. The fourth-order valence-corrected chi connectivity index (χ4v) is 8.20. The highest BCUT2D eigenvalue weighted by atomic mass is 32.1. The second-order valence-corrected chi connectivity index (χ2v) is 17.4. The third kappa shape index (κ3) is 13.1. The number of hydroxylamine groups is 2. The third-order valence-electron chi connectivity index (χ3n) is 10.6. The number of aryl methyl sites for hydroxylation is 1. The minimum absolute atomic E-state index is 0.0558. The number of aliphatic hydroxyl groups excluding tert-OH is 1. The van der Waals surface area contributed by atoms with Gasteiger partial charge in [0.05, 0.1) is 34.8 Å². The highest BCUT2D eigenvalue weighted by molar-refractivity contribution is 7.13. The van der Waals surface area contributed by atoms with Crippen molar-refractivity contribution in [2.75, 3.05) is 45.2 Å². The molecule has 1 aliphatic heterocycles. The number of nitrogens with zero attached hydrogens (tertiary/aromatic N) is 4. The Morgan fingerprint density at radius 2 is 1.69 bits per heavy atom. The molecule has 0 saturated carbocycles. The maximum absolute atomic E-state index is 13.9. The van der Waals surface area contributed by atoms with Gasteiger partial charge in [0.15, 0.2) is 5.75 Å². The van der Waals surface area contributed by atoms with Crippen LogP contribution in [0.2, 0.25) is 0 Å². The first-order valence-corrected chi connectivity index (χ1v) is 21.6. The first kappa shape index (κ1) is 45.3. The number of benzene rings is 3. The molecule has 4 aromatic rings. The van der Waals surface area contributed by atoms with Crippen LogP contribution in [0.15, 0.2) is 78.3 Å². The van der Waals surface area contributed by atoms with E-state index in [2.05, 4.69) is 64.2 Å². The zero-order chi connectivity index (χ0) is 42.5. The second kappa shape index (κ2) is 21.4. The summed E-state index contributed by atoms with van der Waals surface area (Å²) in [4.78, 5) is 56.0. The summed E-state index contributed by atoms with van der Waals surface area (Å²) in [7, 11) is 4.12. The Morgan fingerprint density at radius 1 is 1.00 bits per heavy atom. The number of hydrogen-bond acceptors (Lipinski definition) is 10. The highest BCUT2D eigenvalue weighted by Crippen LogP contribution is 2.30. The molecule has 3 aromatic carbocycles. The molecule has 0 aliphatic carbocycles. The fraction of sp³-hybridized carbons (Fsp3) is 0.478. The summed E-state index contributed by atoms with van der Waals surface area (Å²) < 4.78 is 0. The molecule has 1 fully saturated rings. The van der Waals surface area contributed by atoms with Gasteiger partial charge >= 0.3 is 0 Å². The Bertz CT molecular complexity index is 1970. The molecule has 0 bridgehead atoms. The quantitative estimate of drug-likeness (QED) is 0.0539. The molecule has 0 radical (unpaired) electrons. The Balaban J connectivity index is 1.10. The molecule has 4 N–H and O–H groups in total. The van der Waals surface area contributed by atoms with E-state index in [-0.39, 0.29) is 49.7 Å². The van der Waals surface area contributed by atoms with Gasteiger partial charge in [-0.05, 0) is 85.6 Å². The number of carbonyl (C=O) groups excluding carboxylic acids is 3. The van der Waals surface area contributed by atoms with Crippen LogP contribution < -0.4 is 25.7 Å². The molecular weight excluding hydrogens is 763 g/mol. The van der Waals surface area contributed by atoms with Crippen LogP contribution in [-0.4, -0.2) is 90.2 Å². The van der Waals surface area contributed by atoms with Crippen LogP contribution in [0.5, 0.6) is 5.75 Å². The lowest BCUT2D eigenvalue weighted by Crippen LogP contribution is -2.48. The SMILES string of the molecule is CCCC(=O)N(CC(C)(C)CC(=O)N1C[C@H](O)C[C@H]1C(=O)N[C@@H](C)c1ccc(-c2scnc2C)cc1)Oc1ccc(CNCCCNCc2ccccc2N(C)C)cc1. The Morgan fingerprint density at radius 3 is 2.36 bits per heavy atom. The van der Waals surface area contributed by atoms with E-state index in [0.717, 1.165) is 53.3 Å². The molecule has 5 rings (SSSR count). The van der Waals surface area contributed by atoms with E-state index in [4.69, 9.17) is 4.84 Å². The summed E-state index contributed by atoms with van der Waals surface area (Å²) in [5.74, 6) is -0.201. The van der Waals surface area contributed by atoms with Crippen LogP contribution in [0.3, 0.4) is 0 Å². The number of thiazole rings is 1. The minimum atomic E-state index is -0.807. The normalized spacial score (nSPS) is 15.8. The van der Waals surface area contributed by atoms with Crippen molar-refractivity contribution in [3.8, 4) is 16.2 Å². The van der Waals surface area contributed by atoms with E-state index in [1.165, 1.54) is 21.2 Å². The van der Waals surface area contributed by atoms with E-state index >= 15 is 0 Å². The molecule has 2 heterocycles. The number of aliphatic hydroxyl groups is 1. The summed E-state index contributed by atoms with van der Waals surface area (Å²) in [6.45, 7) is 13.2. The van der Waals surface area contributed by atoms with Crippen molar-refractivity contribution < 1.29 is 24.3 Å². The molecule has 1 saturated heterocycles. The van der Waals surface area contributed by atoms with Gasteiger partial charge in [0.2, 0.25) is 11.8 Å². The lowest BCUT2D eigenvalue weighted by Gasteiger charge is -2.34. The van der Waals surface area contributed by atoms with Crippen LogP contribution in [0.25, 0.3) is 10.4 Å². The van der Waals surface area contributed by atoms with Gasteiger partial charge in [-0.25, -0.2) is 4.98 Å². The molecule has 12 nitrogen and oxygen atoms in total. The number of carbonyl (C=O) groups is 3. The predicted molar refractivity (Wildman–Crippen MR) is 236 cm³/mol. The average molecular weight is 826 g/mol. The van der Waals surface area contributed by atoms with Crippen molar-refractivity contribution in [3.63, 3.8) is 0 Å². The molecule has 13 heteroatoms. The molecule has 0 spiro atoms. The first-order valence-electron chi connectivity index (χ1n) is 20.8. The number of aromatic nitrogens is 1. The number of hydrogen-bond donors (Lipinski definition) is 4. The average Bonchev–Trinajstić information content (AvgIpc) is 3.83. The maximum Gasteiger partial charge on any atom is 0.255 e. The van der Waals surface area contributed by atoms with E-state index < -0.39 is 17.6 Å². The Hall–Kier alpha value is -4.82. The largest absolute Gasteiger partial charge is 0.391 e. The van der Waals surface area contributed by atoms with Crippen molar-refractivity contribution in [1.82, 2.24) is 30.9 Å². The summed E-state index contributed by atoms with van der Waals surface area (Å²) >= 11 is 1.59. The Kier molecular flexibility index (Phi) is 16.4. The number of nitrogens with one attached hydrogen (secondary N) is 3. The number of para-hydroxylation sites is 1. The van der Waals surface area contributed by atoms with Gasteiger partial charge < -0.3 is 35.7 Å². The number of β-amino-alcohol motifs (C(OH)–C–C–N with tert-alkyl or cyclic N) is 1. The van der Waals surface area contributed by atoms with E-state index in [0.29, 0.717) is 25.1 Å². The van der Waals surface area contributed by atoms with Crippen molar-refractivity contribution in [2.45, 2.75) is 98.0 Å². The molecular formula is C46H63N7O5S. The lowest BCUT2D eigenvalue weighted by molar-refractivity contribution is -0.163. The number of likely N-dealkylation sites (tertiary alicyclic amines) is 1. The van der Waals surface area contributed by atoms with Crippen molar-refractivity contribution in [3.05, 3.63) is 101 Å². The molecule has 59 heavy (non-hydrogen) atoms. The molecule has 3 amide bonds. The smallest absolute Gasteiger partial charge is 0.255 e. The van der Waals surface area contributed by atoms with Gasteiger partial charge in [-0.1, -0.05) is 75.4 Å². The zero-order valence-corrected chi connectivity index (χ0v) is 36.6. The summed E-state index contributed by atoms with van der Waals surface area (Å²) in [5, 5.41) is 22.1. The van der Waals surface area contributed by atoms with Gasteiger partial charge in [0.1, 0.15) is 6.04 Å². The highest BCUT2D eigenvalue weighted by Gasteiger charge is 2.41. The standard InChI is InChI=1S/C46H63N7O5S/c1-8-12-42(55)53(58-39-21-15-34(16-22-39)27-47-23-11-24-48-28-37-13-9-10-14-40(37)51(6)7)30-46(4,5)26-43(56)52-29-38(54)25-41(52)45(57)50-32(2)35-17-19-36(20-18-35)44-33(3)49-31-59-44/h9-10,13-22,31-32,38,41,47-48,54H,8,11-12,23-30H2,1-7H3,(H,50,57)/t32-,38+,41-/m0/s1. The van der Waals surface area contributed by atoms with Crippen molar-refractivity contribution in [2.24, 2.45) is 5.41 Å². The number of rotatable bonds is 21. The van der Waals surface area contributed by atoms with Crippen LogP contribution in [-0.2, 0) is 27.5 Å². The van der Waals surface area contributed by atoms with Crippen molar-refractivity contribution >= 4 is 34.7 Å². The van der Waals surface area contributed by atoms with E-state index in [1.54, 1.807) is 11.3 Å². The van der Waals surface area contributed by atoms with Gasteiger partial charge in [-0.15, -0.1) is 11.3 Å². The number of amides is 3. The van der Waals surface area contributed by atoms with E-state index in [9.17, 15) is 19.5 Å². The van der Waals surface area contributed by atoms with Crippen LogP contribution in [0, 0.1) is 12.3 Å². The third-order valence-corrected chi connectivity index (χ3v) is 11.6. The maximum atomic E-state index is 13.9.